The van der Waals surface area contributed by atoms with E-state index in [1.165, 1.54) is 24.3 Å². The van der Waals surface area contributed by atoms with Gasteiger partial charge in [0.1, 0.15) is 0 Å². The summed E-state index contributed by atoms with van der Waals surface area (Å²) >= 11 is 0. The van der Waals surface area contributed by atoms with Crippen molar-refractivity contribution in [2.75, 3.05) is 11.1 Å². The van der Waals surface area contributed by atoms with E-state index in [0.717, 1.165) is 6.07 Å². The Balaban J connectivity index is 2.38. The molecule has 29 heavy (non-hydrogen) atoms. The van der Waals surface area contributed by atoms with Crippen molar-refractivity contribution in [2.45, 2.75) is 6.18 Å². The van der Waals surface area contributed by atoms with Crippen LogP contribution >= 0.6 is 0 Å². The van der Waals surface area contributed by atoms with Gasteiger partial charge in [-0.3, -0.25) is 4.79 Å². The number of alkyl halides is 3. The molecule has 2 N–H and O–H groups in total. The maximum Gasteiger partial charge on any atom is 0.417 e. The molecule has 0 radical (unpaired) electrons. The van der Waals surface area contributed by atoms with Crippen molar-refractivity contribution in [1.29, 1.82) is 5.26 Å². The maximum atomic E-state index is 13.6. The molecule has 0 saturated carbocycles. The third-order valence-corrected chi connectivity index (χ3v) is 4.44. The lowest BCUT2D eigenvalue weighted by Crippen LogP contribution is -2.43. The highest BCUT2D eigenvalue weighted by Crippen LogP contribution is 2.38. The molecular formula is C17H11F3N4O4S. The van der Waals surface area contributed by atoms with Gasteiger partial charge >= 0.3 is 11.9 Å². The van der Waals surface area contributed by atoms with Gasteiger partial charge < -0.3 is 4.98 Å². The summed E-state index contributed by atoms with van der Waals surface area (Å²) in [6.07, 6.45) is -4.10. The minimum atomic E-state index is -4.81. The molecule has 0 bridgehead atoms. The second-order valence-electron chi connectivity index (χ2n) is 6.06. The third kappa shape index (κ3) is 3.99. The van der Waals surface area contributed by atoms with Crippen molar-refractivity contribution in [3.63, 3.8) is 0 Å². The number of aromatic nitrogens is 2. The zero-order chi connectivity index (χ0) is 21.6. The Labute approximate surface area is 160 Å². The zero-order valence-corrected chi connectivity index (χ0v) is 15.4. The van der Waals surface area contributed by atoms with E-state index < -0.39 is 38.5 Å². The lowest BCUT2D eigenvalue weighted by molar-refractivity contribution is -0.137. The molecule has 0 aliphatic carbocycles. The number of aromatic amines is 1. The average Bonchev–Trinajstić information content (AvgIpc) is 2.63. The van der Waals surface area contributed by atoms with Gasteiger partial charge in [-0.15, -0.1) is 0 Å². The summed E-state index contributed by atoms with van der Waals surface area (Å²) < 4.78 is 63.7. The SMILES string of the molecule is CS(=O)(=O)Nn1c(=O)[nH]c2cc(C(F)(F)F)c(-c3ccc(C#N)cc3)cc2c1=O. The van der Waals surface area contributed by atoms with Gasteiger partial charge in [-0.2, -0.15) is 23.1 Å². The van der Waals surface area contributed by atoms with Crippen LogP contribution in [0.5, 0.6) is 0 Å². The normalized spacial score (nSPS) is 12.0. The van der Waals surface area contributed by atoms with Gasteiger partial charge in [0.05, 0.1) is 34.4 Å². The Morgan fingerprint density at radius 1 is 1.14 bits per heavy atom. The Kier molecular flexibility index (Phi) is 4.71. The van der Waals surface area contributed by atoms with E-state index in [9.17, 15) is 31.2 Å². The fraction of sp³-hybridized carbons (Fsp3) is 0.118. The molecule has 0 aliphatic rings. The van der Waals surface area contributed by atoms with E-state index in [0.29, 0.717) is 12.3 Å². The molecule has 1 heterocycles. The largest absolute Gasteiger partial charge is 0.417 e. The standard InChI is InChI=1S/C17H11F3N4O4S/c1-29(27,28)23-24-15(25)12-6-11(10-4-2-9(8-21)3-5-10)13(17(18,19)20)7-14(12)22-16(24)26/h2-7,23H,1H3,(H,22,26). The van der Waals surface area contributed by atoms with Crippen LogP contribution in [0, 0.1) is 11.3 Å². The van der Waals surface area contributed by atoms with Crippen molar-refractivity contribution < 1.29 is 21.6 Å². The third-order valence-electron chi connectivity index (χ3n) is 3.92. The molecule has 150 valence electrons. The van der Waals surface area contributed by atoms with Gasteiger partial charge in [0, 0.05) is 0 Å². The highest BCUT2D eigenvalue weighted by molar-refractivity contribution is 7.91. The van der Waals surface area contributed by atoms with Crippen LogP contribution in [0.1, 0.15) is 11.1 Å². The number of rotatable bonds is 3. The Hall–Kier alpha value is -3.59. The first kappa shape index (κ1) is 20.2. The summed E-state index contributed by atoms with van der Waals surface area (Å²) in [4.78, 5) is 28.3. The van der Waals surface area contributed by atoms with Crippen LogP contribution in [0.2, 0.25) is 0 Å². The molecule has 0 unspecified atom stereocenters. The van der Waals surface area contributed by atoms with Crippen LogP contribution in [0.25, 0.3) is 22.0 Å². The van der Waals surface area contributed by atoms with E-state index in [2.05, 4.69) is 4.98 Å². The summed E-state index contributed by atoms with van der Waals surface area (Å²) in [6.45, 7) is 0. The van der Waals surface area contributed by atoms with Crippen LogP contribution in [0.15, 0.2) is 46.0 Å². The van der Waals surface area contributed by atoms with Crippen molar-refractivity contribution in [3.05, 3.63) is 68.4 Å². The number of halogens is 3. The van der Waals surface area contributed by atoms with Gasteiger partial charge in [0.25, 0.3) is 5.56 Å². The smallest absolute Gasteiger partial charge is 0.305 e. The topological polar surface area (TPSA) is 125 Å². The van der Waals surface area contributed by atoms with Gasteiger partial charge in [-0.1, -0.05) is 12.1 Å². The van der Waals surface area contributed by atoms with Crippen molar-refractivity contribution in [1.82, 2.24) is 9.66 Å². The number of H-pyrrole nitrogens is 1. The Bertz CT molecular complexity index is 1380. The fourth-order valence-corrected chi connectivity index (χ4v) is 3.21. The summed E-state index contributed by atoms with van der Waals surface area (Å²) in [5, 5.41) is 8.51. The molecule has 2 aromatic carbocycles. The number of nitrogens with zero attached hydrogens (tertiary/aromatic N) is 2. The molecular weight excluding hydrogens is 413 g/mol. The van der Waals surface area contributed by atoms with E-state index in [-0.39, 0.29) is 26.8 Å². The van der Waals surface area contributed by atoms with Crippen LogP contribution in [0.3, 0.4) is 0 Å². The van der Waals surface area contributed by atoms with Crippen molar-refractivity contribution in [2.24, 2.45) is 0 Å². The molecule has 1 aromatic heterocycles. The van der Waals surface area contributed by atoms with Crippen molar-refractivity contribution in [3.8, 4) is 17.2 Å². The summed E-state index contributed by atoms with van der Waals surface area (Å²) in [5.41, 5.74) is -3.97. The molecule has 0 atom stereocenters. The molecule has 0 aliphatic heterocycles. The second kappa shape index (κ2) is 6.78. The highest BCUT2D eigenvalue weighted by atomic mass is 32.2. The molecule has 8 nitrogen and oxygen atoms in total. The Morgan fingerprint density at radius 3 is 2.28 bits per heavy atom. The average molecular weight is 424 g/mol. The highest BCUT2D eigenvalue weighted by Gasteiger charge is 2.34. The molecule has 0 spiro atoms. The number of fused-ring (bicyclic) bond motifs is 1. The van der Waals surface area contributed by atoms with Gasteiger partial charge in [-0.25, -0.2) is 18.0 Å². The summed E-state index contributed by atoms with van der Waals surface area (Å²) in [5.74, 6) is 0. The zero-order valence-electron chi connectivity index (χ0n) is 14.5. The summed E-state index contributed by atoms with van der Waals surface area (Å²) in [7, 11) is -4.01. The van der Waals surface area contributed by atoms with Crippen LogP contribution < -0.4 is 16.1 Å². The number of sulfonamides is 1. The monoisotopic (exact) mass is 424 g/mol. The molecule has 0 fully saturated rings. The first-order valence-electron chi connectivity index (χ1n) is 7.79. The van der Waals surface area contributed by atoms with Crippen LogP contribution in [-0.4, -0.2) is 24.3 Å². The quantitative estimate of drug-likeness (QED) is 0.663. The lowest BCUT2D eigenvalue weighted by Gasteiger charge is -2.15. The predicted molar refractivity (Wildman–Crippen MR) is 98.2 cm³/mol. The first-order chi connectivity index (χ1) is 13.4. The minimum Gasteiger partial charge on any atom is -0.305 e. The molecule has 3 aromatic rings. The lowest BCUT2D eigenvalue weighted by atomic mass is 9.96. The van der Waals surface area contributed by atoms with E-state index in [1.807, 2.05) is 6.07 Å². The van der Waals surface area contributed by atoms with Crippen LogP contribution in [0.4, 0.5) is 13.2 Å². The number of hydrogen-bond acceptors (Lipinski definition) is 5. The maximum absolute atomic E-state index is 13.6. The van der Waals surface area contributed by atoms with Gasteiger partial charge in [0.2, 0.25) is 10.0 Å². The van der Waals surface area contributed by atoms with Gasteiger partial charge in [0.15, 0.2) is 0 Å². The van der Waals surface area contributed by atoms with Crippen molar-refractivity contribution >= 4 is 20.9 Å². The number of hydrogen-bond donors (Lipinski definition) is 2. The van der Waals surface area contributed by atoms with Crippen LogP contribution in [-0.2, 0) is 16.2 Å². The Morgan fingerprint density at radius 2 is 1.76 bits per heavy atom. The minimum absolute atomic E-state index is 0.0754. The number of nitrogens with one attached hydrogen (secondary N) is 2. The molecule has 12 heteroatoms. The molecule has 0 saturated heterocycles. The fourth-order valence-electron chi connectivity index (χ4n) is 2.71. The number of benzene rings is 2. The summed E-state index contributed by atoms with van der Waals surface area (Å²) in [6, 6.07) is 8.57. The molecule has 0 amide bonds. The second-order valence-corrected chi connectivity index (χ2v) is 7.79. The number of nitriles is 1. The molecule has 3 rings (SSSR count). The predicted octanol–water partition coefficient (Wildman–Crippen LogP) is 1.75. The van der Waals surface area contributed by atoms with E-state index >= 15 is 0 Å². The van der Waals surface area contributed by atoms with E-state index in [1.54, 1.807) is 4.83 Å². The van der Waals surface area contributed by atoms with E-state index in [4.69, 9.17) is 5.26 Å². The van der Waals surface area contributed by atoms with Gasteiger partial charge in [-0.05, 0) is 35.4 Å². The first-order valence-corrected chi connectivity index (χ1v) is 9.68.